The summed E-state index contributed by atoms with van der Waals surface area (Å²) in [4.78, 5) is 22.2. The van der Waals surface area contributed by atoms with Gasteiger partial charge in [-0.3, -0.25) is 9.59 Å². The summed E-state index contributed by atoms with van der Waals surface area (Å²) in [5.41, 5.74) is 0.639. The quantitative estimate of drug-likeness (QED) is 0.446. The van der Waals surface area contributed by atoms with Gasteiger partial charge in [0.1, 0.15) is 5.69 Å². The van der Waals surface area contributed by atoms with Crippen LogP contribution in [-0.2, 0) is 32.2 Å². The molecule has 1 N–H and O–H groups in total. The monoisotopic (exact) mass is 338 g/mol. The van der Waals surface area contributed by atoms with E-state index >= 15 is 0 Å². The summed E-state index contributed by atoms with van der Waals surface area (Å²) in [5, 5.41) is 10.5. The second-order valence-corrected chi connectivity index (χ2v) is 5.72. The van der Waals surface area contributed by atoms with E-state index in [2.05, 4.69) is 29.5 Å². The first-order chi connectivity index (χ1) is 11.5. The van der Waals surface area contributed by atoms with Crippen LogP contribution in [0.15, 0.2) is 18.3 Å². The molecule has 0 fully saturated rings. The lowest BCUT2D eigenvalue weighted by Gasteiger charge is -2.07. The van der Waals surface area contributed by atoms with Gasteiger partial charge in [0.2, 0.25) is 5.91 Å². The number of carbonyl (C=O) groups excluding carboxylic acids is 2. The topological polar surface area (TPSA) is 95.3 Å². The molecular formula is C16H26N4O4. The largest absolute Gasteiger partial charge is 0.379 e. The lowest BCUT2D eigenvalue weighted by molar-refractivity contribution is -0.117. The minimum absolute atomic E-state index is 0.175. The Morgan fingerprint density at radius 3 is 2.71 bits per heavy atom. The third kappa shape index (κ3) is 9.86. The van der Waals surface area contributed by atoms with E-state index in [1.165, 1.54) is 19.1 Å². The smallest absolute Gasteiger partial charge is 0.244 e. The molecule has 1 aromatic heterocycles. The molecule has 24 heavy (non-hydrogen) atoms. The molecule has 1 rings (SSSR count). The molecule has 0 bridgehead atoms. The summed E-state index contributed by atoms with van der Waals surface area (Å²) in [6.45, 7) is 8.81. The van der Waals surface area contributed by atoms with Crippen molar-refractivity contribution in [2.45, 2.75) is 33.9 Å². The number of rotatable bonds is 12. The number of nitrogens with one attached hydrogen (secondary N) is 1. The summed E-state index contributed by atoms with van der Waals surface area (Å²) in [6.07, 6.45) is 4.16. The standard InChI is InChI=1S/C16H26N4O4/c1-13(2)12-24-9-8-23-7-6-20-11-15(18-19-20)10-17-16(22)5-4-14(3)21/h4-5,11,13H,6-10,12H2,1-3H3,(H,17,22)/b5-4-. The van der Waals surface area contributed by atoms with Crippen molar-refractivity contribution >= 4 is 11.7 Å². The van der Waals surface area contributed by atoms with Crippen molar-refractivity contribution in [3.05, 3.63) is 24.0 Å². The Labute approximate surface area is 142 Å². The van der Waals surface area contributed by atoms with Gasteiger partial charge >= 0.3 is 0 Å². The van der Waals surface area contributed by atoms with Crippen LogP contribution in [0.3, 0.4) is 0 Å². The Kier molecular flexibility index (Phi) is 9.55. The second kappa shape index (κ2) is 11.5. The van der Waals surface area contributed by atoms with Gasteiger partial charge in [-0.2, -0.15) is 0 Å². The van der Waals surface area contributed by atoms with Crippen LogP contribution >= 0.6 is 0 Å². The van der Waals surface area contributed by atoms with Crippen molar-refractivity contribution in [3.63, 3.8) is 0 Å². The van der Waals surface area contributed by atoms with E-state index in [1.54, 1.807) is 10.9 Å². The van der Waals surface area contributed by atoms with Gasteiger partial charge in [0, 0.05) is 12.7 Å². The highest BCUT2D eigenvalue weighted by Crippen LogP contribution is 1.94. The molecule has 0 radical (unpaired) electrons. The minimum Gasteiger partial charge on any atom is -0.379 e. The van der Waals surface area contributed by atoms with Crippen molar-refractivity contribution in [1.82, 2.24) is 20.3 Å². The van der Waals surface area contributed by atoms with Gasteiger partial charge in [0.15, 0.2) is 5.78 Å². The highest BCUT2D eigenvalue weighted by molar-refractivity contribution is 5.96. The predicted molar refractivity (Wildman–Crippen MR) is 88.2 cm³/mol. The second-order valence-electron chi connectivity index (χ2n) is 5.72. The van der Waals surface area contributed by atoms with Crippen LogP contribution in [0.5, 0.6) is 0 Å². The van der Waals surface area contributed by atoms with Gasteiger partial charge in [0.05, 0.1) is 39.1 Å². The average molecular weight is 338 g/mol. The van der Waals surface area contributed by atoms with Crippen molar-refractivity contribution in [2.24, 2.45) is 5.92 Å². The number of aromatic nitrogens is 3. The zero-order chi connectivity index (χ0) is 17.8. The normalized spacial score (nSPS) is 11.3. The predicted octanol–water partition coefficient (Wildman–Crippen LogP) is 0.729. The summed E-state index contributed by atoms with van der Waals surface area (Å²) >= 11 is 0. The number of hydrogen-bond acceptors (Lipinski definition) is 6. The lowest BCUT2D eigenvalue weighted by atomic mass is 10.2. The number of nitrogens with zero attached hydrogens (tertiary/aromatic N) is 3. The summed E-state index contributed by atoms with van der Waals surface area (Å²) in [5.74, 6) is 0.00666. The fourth-order valence-corrected chi connectivity index (χ4v) is 1.66. The van der Waals surface area contributed by atoms with Crippen LogP contribution < -0.4 is 5.32 Å². The summed E-state index contributed by atoms with van der Waals surface area (Å²) < 4.78 is 12.5. The van der Waals surface area contributed by atoms with Crippen LogP contribution in [0.2, 0.25) is 0 Å². The molecule has 0 aliphatic carbocycles. The van der Waals surface area contributed by atoms with Gasteiger partial charge in [0.25, 0.3) is 0 Å². The molecule has 0 aliphatic rings. The molecule has 0 aliphatic heterocycles. The fraction of sp³-hybridized carbons (Fsp3) is 0.625. The van der Waals surface area contributed by atoms with E-state index in [0.29, 0.717) is 38.0 Å². The van der Waals surface area contributed by atoms with Crippen molar-refractivity contribution in [1.29, 1.82) is 0 Å². The zero-order valence-corrected chi connectivity index (χ0v) is 14.5. The highest BCUT2D eigenvalue weighted by atomic mass is 16.5. The maximum atomic E-state index is 11.4. The van der Waals surface area contributed by atoms with E-state index in [1.807, 2.05) is 0 Å². The Balaban J connectivity index is 2.15. The Morgan fingerprint density at radius 2 is 2.00 bits per heavy atom. The highest BCUT2D eigenvalue weighted by Gasteiger charge is 2.03. The van der Waals surface area contributed by atoms with Crippen LogP contribution in [0.1, 0.15) is 26.5 Å². The van der Waals surface area contributed by atoms with Gasteiger partial charge in [-0.05, 0) is 18.9 Å². The minimum atomic E-state index is -0.343. The van der Waals surface area contributed by atoms with Crippen LogP contribution in [0.25, 0.3) is 0 Å². The molecule has 0 aromatic carbocycles. The zero-order valence-electron chi connectivity index (χ0n) is 14.5. The maximum absolute atomic E-state index is 11.4. The number of ketones is 1. The van der Waals surface area contributed by atoms with Crippen molar-refractivity contribution < 1.29 is 19.1 Å². The van der Waals surface area contributed by atoms with E-state index < -0.39 is 0 Å². The SMILES string of the molecule is CC(=O)/C=C\C(=O)NCc1cn(CCOCCOCC(C)C)nn1. The summed E-state index contributed by atoms with van der Waals surface area (Å²) in [6, 6.07) is 0. The van der Waals surface area contributed by atoms with Gasteiger partial charge < -0.3 is 14.8 Å². The van der Waals surface area contributed by atoms with E-state index in [9.17, 15) is 9.59 Å². The molecule has 1 amide bonds. The molecule has 8 nitrogen and oxygen atoms in total. The van der Waals surface area contributed by atoms with Gasteiger partial charge in [-0.1, -0.05) is 19.1 Å². The van der Waals surface area contributed by atoms with Gasteiger partial charge in [-0.15, -0.1) is 5.10 Å². The van der Waals surface area contributed by atoms with Crippen LogP contribution in [0, 0.1) is 5.92 Å². The Hall–Kier alpha value is -2.06. The third-order valence-corrected chi connectivity index (χ3v) is 2.79. The molecule has 0 spiro atoms. The fourth-order valence-electron chi connectivity index (χ4n) is 1.66. The average Bonchev–Trinajstić information content (AvgIpc) is 2.97. The molecule has 0 unspecified atom stereocenters. The molecule has 1 heterocycles. The summed E-state index contributed by atoms with van der Waals surface area (Å²) in [7, 11) is 0. The van der Waals surface area contributed by atoms with E-state index in [-0.39, 0.29) is 18.2 Å². The Morgan fingerprint density at radius 1 is 1.25 bits per heavy atom. The number of ether oxygens (including phenoxy) is 2. The number of amides is 1. The van der Waals surface area contributed by atoms with E-state index in [4.69, 9.17) is 9.47 Å². The molecule has 0 saturated carbocycles. The lowest BCUT2D eigenvalue weighted by Crippen LogP contribution is -2.20. The Bertz CT molecular complexity index is 540. The molecule has 8 heteroatoms. The molecule has 0 atom stereocenters. The molecule has 134 valence electrons. The third-order valence-electron chi connectivity index (χ3n) is 2.79. The first kappa shape index (κ1) is 20.0. The van der Waals surface area contributed by atoms with Crippen LogP contribution in [0.4, 0.5) is 0 Å². The van der Waals surface area contributed by atoms with Crippen molar-refractivity contribution in [2.75, 3.05) is 26.4 Å². The molecule has 0 saturated heterocycles. The first-order valence-corrected chi connectivity index (χ1v) is 7.98. The van der Waals surface area contributed by atoms with E-state index in [0.717, 1.165) is 6.61 Å². The first-order valence-electron chi connectivity index (χ1n) is 7.98. The molecule has 1 aromatic rings. The maximum Gasteiger partial charge on any atom is 0.244 e. The van der Waals surface area contributed by atoms with Gasteiger partial charge in [-0.25, -0.2) is 4.68 Å². The number of carbonyl (C=O) groups is 2. The number of allylic oxidation sites excluding steroid dienone is 1. The van der Waals surface area contributed by atoms with Crippen molar-refractivity contribution in [3.8, 4) is 0 Å². The molecular weight excluding hydrogens is 312 g/mol. The number of hydrogen-bond donors (Lipinski definition) is 1. The van der Waals surface area contributed by atoms with Crippen LogP contribution in [-0.4, -0.2) is 53.1 Å².